The van der Waals surface area contributed by atoms with Crippen LogP contribution >= 0.6 is 11.8 Å². The van der Waals surface area contributed by atoms with Gasteiger partial charge in [0.15, 0.2) is 0 Å². The van der Waals surface area contributed by atoms with Crippen LogP contribution in [0.2, 0.25) is 0 Å². The monoisotopic (exact) mass is 268 g/mol. The summed E-state index contributed by atoms with van der Waals surface area (Å²) in [7, 11) is 0. The zero-order valence-corrected chi connectivity index (χ0v) is 13.3. The molecule has 18 heavy (non-hydrogen) atoms. The van der Waals surface area contributed by atoms with Crippen LogP contribution in [0, 0.1) is 17.2 Å². The van der Waals surface area contributed by atoms with Crippen LogP contribution in [-0.2, 0) is 0 Å². The average Bonchev–Trinajstić information content (AvgIpc) is 2.28. The topological polar surface area (TPSA) is 35.8 Å². The van der Waals surface area contributed by atoms with Gasteiger partial charge in [0.25, 0.3) is 0 Å². The van der Waals surface area contributed by atoms with Crippen molar-refractivity contribution in [1.82, 2.24) is 5.32 Å². The number of nitrogens with one attached hydrogen (secondary N) is 1. The Hall–Kier alpha value is -0.200. The maximum absolute atomic E-state index is 9.53. The molecule has 1 rings (SSSR count). The van der Waals surface area contributed by atoms with Gasteiger partial charge in [-0.15, -0.1) is 0 Å². The summed E-state index contributed by atoms with van der Waals surface area (Å²) in [6.07, 6.45) is 4.46. The van der Waals surface area contributed by atoms with Crippen molar-refractivity contribution in [3.63, 3.8) is 0 Å². The minimum Gasteiger partial charge on any atom is -0.297 e. The van der Waals surface area contributed by atoms with E-state index in [0.29, 0.717) is 22.5 Å². The third-order valence-electron chi connectivity index (χ3n) is 3.83. The van der Waals surface area contributed by atoms with Crippen LogP contribution < -0.4 is 5.32 Å². The number of hydrogen-bond acceptors (Lipinski definition) is 3. The lowest BCUT2D eigenvalue weighted by atomic mass is 9.82. The molecule has 0 bridgehead atoms. The highest BCUT2D eigenvalue weighted by molar-refractivity contribution is 8.00. The molecule has 1 fully saturated rings. The molecule has 1 aliphatic carbocycles. The van der Waals surface area contributed by atoms with Gasteiger partial charge < -0.3 is 0 Å². The first-order chi connectivity index (χ1) is 8.38. The van der Waals surface area contributed by atoms with E-state index in [1.54, 1.807) is 0 Å². The van der Waals surface area contributed by atoms with Gasteiger partial charge in [-0.2, -0.15) is 17.0 Å². The lowest BCUT2D eigenvalue weighted by molar-refractivity contribution is 0.284. The third kappa shape index (κ3) is 4.48. The second kappa shape index (κ2) is 6.82. The van der Waals surface area contributed by atoms with E-state index in [2.05, 4.69) is 57.8 Å². The van der Waals surface area contributed by atoms with Crippen LogP contribution in [0.25, 0.3) is 0 Å². The van der Waals surface area contributed by atoms with E-state index >= 15 is 0 Å². The van der Waals surface area contributed by atoms with Gasteiger partial charge in [0.05, 0.1) is 6.07 Å². The second-order valence-corrected chi connectivity index (χ2v) is 7.98. The predicted molar refractivity (Wildman–Crippen MR) is 80.8 cm³/mol. The van der Waals surface area contributed by atoms with Gasteiger partial charge in [0.1, 0.15) is 5.54 Å². The Morgan fingerprint density at radius 1 is 1.28 bits per heavy atom. The van der Waals surface area contributed by atoms with Crippen molar-refractivity contribution in [3.05, 3.63) is 0 Å². The lowest BCUT2D eigenvalue weighted by Gasteiger charge is -2.38. The van der Waals surface area contributed by atoms with Crippen molar-refractivity contribution in [3.8, 4) is 6.07 Å². The Morgan fingerprint density at radius 3 is 2.44 bits per heavy atom. The zero-order chi connectivity index (χ0) is 13.8. The average molecular weight is 268 g/mol. The molecule has 0 spiro atoms. The van der Waals surface area contributed by atoms with Crippen LogP contribution in [-0.4, -0.2) is 22.1 Å². The normalized spacial score (nSPS) is 30.4. The number of nitrogens with zero attached hydrogens (tertiary/aromatic N) is 1. The molecule has 1 saturated carbocycles. The molecule has 3 unspecified atom stereocenters. The Morgan fingerprint density at radius 2 is 1.94 bits per heavy atom. The summed E-state index contributed by atoms with van der Waals surface area (Å²) < 4.78 is 0. The SMILES string of the molecule is CC(C)NC1(C#N)CCCC(SC(C)C(C)C)C1. The van der Waals surface area contributed by atoms with Gasteiger partial charge in [-0.05, 0) is 45.4 Å². The van der Waals surface area contributed by atoms with Crippen LogP contribution in [0.15, 0.2) is 0 Å². The van der Waals surface area contributed by atoms with Crippen LogP contribution in [0.4, 0.5) is 0 Å². The summed E-state index contributed by atoms with van der Waals surface area (Å²) in [5, 5.41) is 14.4. The van der Waals surface area contributed by atoms with Gasteiger partial charge >= 0.3 is 0 Å². The molecule has 0 amide bonds. The van der Waals surface area contributed by atoms with E-state index in [-0.39, 0.29) is 5.54 Å². The standard InChI is InChI=1S/C15H28N2S/c1-11(2)13(5)18-14-7-6-8-15(9-14,10-16)17-12(3)4/h11-14,17H,6-9H2,1-5H3. The van der Waals surface area contributed by atoms with E-state index in [9.17, 15) is 5.26 Å². The van der Waals surface area contributed by atoms with Crippen molar-refractivity contribution in [2.24, 2.45) is 5.92 Å². The smallest absolute Gasteiger partial charge is 0.108 e. The quantitative estimate of drug-likeness (QED) is 0.819. The summed E-state index contributed by atoms with van der Waals surface area (Å²) in [6.45, 7) is 11.1. The van der Waals surface area contributed by atoms with Gasteiger partial charge in [-0.1, -0.05) is 20.8 Å². The van der Waals surface area contributed by atoms with Crippen molar-refractivity contribution in [2.75, 3.05) is 0 Å². The van der Waals surface area contributed by atoms with Crippen LogP contribution in [0.3, 0.4) is 0 Å². The minimum atomic E-state index is -0.277. The molecule has 2 nitrogen and oxygen atoms in total. The van der Waals surface area contributed by atoms with Crippen molar-refractivity contribution >= 4 is 11.8 Å². The van der Waals surface area contributed by atoms with E-state index in [1.807, 2.05) is 0 Å². The van der Waals surface area contributed by atoms with Gasteiger partial charge in [-0.25, -0.2) is 0 Å². The van der Waals surface area contributed by atoms with E-state index in [0.717, 1.165) is 12.8 Å². The summed E-state index contributed by atoms with van der Waals surface area (Å²) >= 11 is 2.08. The molecule has 3 atom stereocenters. The Labute approximate surface area is 117 Å². The molecule has 0 saturated heterocycles. The molecule has 0 aliphatic heterocycles. The molecule has 0 aromatic rings. The van der Waals surface area contributed by atoms with E-state index in [4.69, 9.17) is 0 Å². The zero-order valence-electron chi connectivity index (χ0n) is 12.5. The lowest BCUT2D eigenvalue weighted by Crippen LogP contribution is -2.51. The van der Waals surface area contributed by atoms with Crippen LogP contribution in [0.1, 0.15) is 60.3 Å². The number of thioether (sulfide) groups is 1. The number of rotatable bonds is 5. The summed E-state index contributed by atoms with van der Waals surface area (Å²) in [6, 6.07) is 2.94. The largest absolute Gasteiger partial charge is 0.297 e. The number of hydrogen-bond donors (Lipinski definition) is 1. The maximum Gasteiger partial charge on any atom is 0.108 e. The molecule has 1 N–H and O–H groups in total. The fourth-order valence-corrected chi connectivity index (χ4v) is 4.22. The van der Waals surface area contributed by atoms with Gasteiger partial charge in [0, 0.05) is 16.5 Å². The summed E-state index contributed by atoms with van der Waals surface area (Å²) in [5.41, 5.74) is -0.277. The first-order valence-electron chi connectivity index (χ1n) is 7.23. The number of nitriles is 1. The van der Waals surface area contributed by atoms with Crippen molar-refractivity contribution in [1.29, 1.82) is 5.26 Å². The van der Waals surface area contributed by atoms with E-state index in [1.165, 1.54) is 12.8 Å². The second-order valence-electron chi connectivity index (χ2n) is 6.30. The molecule has 1 aliphatic rings. The fraction of sp³-hybridized carbons (Fsp3) is 0.933. The van der Waals surface area contributed by atoms with Gasteiger partial charge in [-0.3, -0.25) is 5.32 Å². The summed E-state index contributed by atoms with van der Waals surface area (Å²) in [5.74, 6) is 0.714. The van der Waals surface area contributed by atoms with Crippen molar-refractivity contribution in [2.45, 2.75) is 82.4 Å². The minimum absolute atomic E-state index is 0.277. The highest BCUT2D eigenvalue weighted by Crippen LogP contribution is 2.38. The molecule has 0 heterocycles. The maximum atomic E-state index is 9.53. The Bertz CT molecular complexity index is 295. The summed E-state index contributed by atoms with van der Waals surface area (Å²) in [4.78, 5) is 0. The molecule has 104 valence electrons. The van der Waals surface area contributed by atoms with Gasteiger partial charge in [0.2, 0.25) is 0 Å². The molecule has 0 aromatic carbocycles. The third-order valence-corrected chi connectivity index (χ3v) is 5.59. The van der Waals surface area contributed by atoms with Crippen LogP contribution in [0.5, 0.6) is 0 Å². The molecular weight excluding hydrogens is 240 g/mol. The van der Waals surface area contributed by atoms with E-state index < -0.39 is 0 Å². The first-order valence-corrected chi connectivity index (χ1v) is 8.17. The molecule has 0 radical (unpaired) electrons. The fourth-order valence-electron chi connectivity index (χ4n) is 2.62. The van der Waals surface area contributed by atoms with Crippen molar-refractivity contribution < 1.29 is 0 Å². The Kier molecular flexibility index (Phi) is 6.01. The predicted octanol–water partition coefficient (Wildman–Crippen LogP) is 3.97. The Balaban J connectivity index is 2.61. The highest BCUT2D eigenvalue weighted by atomic mass is 32.2. The highest BCUT2D eigenvalue weighted by Gasteiger charge is 2.37. The first kappa shape index (κ1) is 15.9. The molecular formula is C15H28N2S. The molecule has 0 aromatic heterocycles. The molecule has 3 heteroatoms.